The van der Waals surface area contributed by atoms with Crippen LogP contribution in [-0.4, -0.2) is 24.4 Å². The van der Waals surface area contributed by atoms with Gasteiger partial charge < -0.3 is 5.32 Å². The molecule has 1 N–H and O–H groups in total. The molecule has 6 heteroatoms. The number of piperazine rings is 1. The number of amides is 2. The number of anilines is 1. The van der Waals surface area contributed by atoms with E-state index in [4.69, 9.17) is 0 Å². The van der Waals surface area contributed by atoms with Gasteiger partial charge in [0.15, 0.2) is 0 Å². The standard InChI is InChI=1S/C14H16F2N2O2/c1-7(2)13-14(20)17-6-12(19)18(13)11-5-9(15)8(3)4-10(11)16/h4-5,7,13H,6H2,1-3H3,(H,17,20). The molecule has 1 aromatic carbocycles. The van der Waals surface area contributed by atoms with Crippen molar-refractivity contribution in [3.8, 4) is 0 Å². The minimum Gasteiger partial charge on any atom is -0.345 e. The highest BCUT2D eigenvalue weighted by Gasteiger charge is 2.38. The molecule has 0 aromatic heterocycles. The van der Waals surface area contributed by atoms with Crippen LogP contribution < -0.4 is 10.2 Å². The topological polar surface area (TPSA) is 49.4 Å². The molecule has 0 spiro atoms. The number of aryl methyl sites for hydroxylation is 1. The van der Waals surface area contributed by atoms with Crippen LogP contribution >= 0.6 is 0 Å². The van der Waals surface area contributed by atoms with E-state index in [-0.39, 0.29) is 29.6 Å². The predicted octanol–water partition coefficient (Wildman–Crippen LogP) is 1.76. The first-order chi connectivity index (χ1) is 9.32. The van der Waals surface area contributed by atoms with E-state index in [0.717, 1.165) is 17.0 Å². The number of carbonyl (C=O) groups excluding carboxylic acids is 2. The Balaban J connectivity index is 2.54. The first kappa shape index (κ1) is 14.4. The summed E-state index contributed by atoms with van der Waals surface area (Å²) in [4.78, 5) is 25.0. The number of nitrogens with one attached hydrogen (secondary N) is 1. The van der Waals surface area contributed by atoms with E-state index in [2.05, 4.69) is 5.32 Å². The third-order valence-electron chi connectivity index (χ3n) is 3.35. The van der Waals surface area contributed by atoms with Gasteiger partial charge in [0.1, 0.15) is 17.7 Å². The highest BCUT2D eigenvalue weighted by Crippen LogP contribution is 2.28. The van der Waals surface area contributed by atoms with Crippen molar-refractivity contribution in [2.24, 2.45) is 5.92 Å². The van der Waals surface area contributed by atoms with Crippen molar-refractivity contribution in [3.63, 3.8) is 0 Å². The van der Waals surface area contributed by atoms with E-state index in [9.17, 15) is 18.4 Å². The van der Waals surface area contributed by atoms with Gasteiger partial charge in [0.05, 0.1) is 12.2 Å². The molecule has 1 fully saturated rings. The lowest BCUT2D eigenvalue weighted by molar-refractivity contribution is -0.131. The van der Waals surface area contributed by atoms with Crippen LogP contribution in [0.5, 0.6) is 0 Å². The number of nitrogens with zero attached hydrogens (tertiary/aromatic N) is 1. The molecule has 1 aliphatic rings. The van der Waals surface area contributed by atoms with Gasteiger partial charge in [-0.3, -0.25) is 14.5 Å². The Kier molecular flexibility index (Phi) is 3.74. The first-order valence-corrected chi connectivity index (χ1v) is 6.38. The minimum absolute atomic E-state index is 0.154. The molecular formula is C14H16F2N2O2. The molecule has 0 saturated carbocycles. The molecule has 1 heterocycles. The number of benzene rings is 1. The quantitative estimate of drug-likeness (QED) is 0.898. The molecule has 1 aliphatic heterocycles. The molecule has 1 atom stereocenters. The highest BCUT2D eigenvalue weighted by molar-refractivity contribution is 6.06. The largest absolute Gasteiger partial charge is 0.345 e. The van der Waals surface area contributed by atoms with Gasteiger partial charge in [-0.15, -0.1) is 0 Å². The fraction of sp³-hybridized carbons (Fsp3) is 0.429. The molecule has 2 rings (SSSR count). The molecular weight excluding hydrogens is 266 g/mol. The van der Waals surface area contributed by atoms with Gasteiger partial charge >= 0.3 is 0 Å². The van der Waals surface area contributed by atoms with Gasteiger partial charge in [-0.1, -0.05) is 13.8 Å². The van der Waals surface area contributed by atoms with Crippen molar-refractivity contribution in [2.75, 3.05) is 11.4 Å². The molecule has 0 aliphatic carbocycles. The summed E-state index contributed by atoms with van der Waals surface area (Å²) < 4.78 is 27.7. The number of halogens is 2. The number of hydrogen-bond acceptors (Lipinski definition) is 2. The van der Waals surface area contributed by atoms with Crippen LogP contribution in [0.1, 0.15) is 19.4 Å². The zero-order valence-electron chi connectivity index (χ0n) is 11.5. The summed E-state index contributed by atoms with van der Waals surface area (Å²) >= 11 is 0. The van der Waals surface area contributed by atoms with Crippen molar-refractivity contribution in [2.45, 2.75) is 26.8 Å². The van der Waals surface area contributed by atoms with Crippen molar-refractivity contribution in [3.05, 3.63) is 29.3 Å². The second-order valence-electron chi connectivity index (χ2n) is 5.22. The maximum atomic E-state index is 14.1. The van der Waals surface area contributed by atoms with Gasteiger partial charge in [0.25, 0.3) is 0 Å². The fourth-order valence-electron chi connectivity index (χ4n) is 2.33. The number of carbonyl (C=O) groups is 2. The average molecular weight is 282 g/mol. The van der Waals surface area contributed by atoms with Gasteiger partial charge in [-0.05, 0) is 24.5 Å². The van der Waals surface area contributed by atoms with Crippen LogP contribution in [0.2, 0.25) is 0 Å². The SMILES string of the molecule is Cc1cc(F)c(N2C(=O)CNC(=O)C2C(C)C)cc1F. The summed E-state index contributed by atoms with van der Waals surface area (Å²) in [7, 11) is 0. The number of rotatable bonds is 2. The summed E-state index contributed by atoms with van der Waals surface area (Å²) in [6.07, 6.45) is 0. The average Bonchev–Trinajstić information content (AvgIpc) is 2.36. The van der Waals surface area contributed by atoms with Gasteiger partial charge in [0.2, 0.25) is 11.8 Å². The predicted molar refractivity (Wildman–Crippen MR) is 70.2 cm³/mol. The van der Waals surface area contributed by atoms with E-state index < -0.39 is 23.6 Å². The maximum absolute atomic E-state index is 14.1. The zero-order chi connectivity index (χ0) is 15.0. The molecule has 2 amide bonds. The Morgan fingerprint density at radius 1 is 1.25 bits per heavy atom. The zero-order valence-corrected chi connectivity index (χ0v) is 11.5. The van der Waals surface area contributed by atoms with E-state index >= 15 is 0 Å². The van der Waals surface area contributed by atoms with Crippen LogP contribution in [0, 0.1) is 24.5 Å². The van der Waals surface area contributed by atoms with Gasteiger partial charge in [-0.25, -0.2) is 8.78 Å². The second-order valence-corrected chi connectivity index (χ2v) is 5.22. The lowest BCUT2D eigenvalue weighted by Crippen LogP contribution is -2.60. The van der Waals surface area contributed by atoms with Crippen LogP contribution in [-0.2, 0) is 9.59 Å². The Bertz CT molecular complexity index is 573. The molecule has 1 unspecified atom stereocenters. The summed E-state index contributed by atoms with van der Waals surface area (Å²) in [6, 6.07) is 1.16. The van der Waals surface area contributed by atoms with Crippen LogP contribution in [0.4, 0.5) is 14.5 Å². The van der Waals surface area contributed by atoms with Crippen molar-refractivity contribution in [1.29, 1.82) is 0 Å². The van der Waals surface area contributed by atoms with Gasteiger partial charge in [-0.2, -0.15) is 0 Å². The summed E-state index contributed by atoms with van der Waals surface area (Å²) in [5, 5.41) is 2.46. The van der Waals surface area contributed by atoms with Crippen LogP contribution in [0.25, 0.3) is 0 Å². The molecule has 1 saturated heterocycles. The smallest absolute Gasteiger partial charge is 0.247 e. The fourth-order valence-corrected chi connectivity index (χ4v) is 2.33. The Hall–Kier alpha value is -1.98. The molecule has 0 radical (unpaired) electrons. The van der Waals surface area contributed by atoms with Crippen molar-refractivity contribution < 1.29 is 18.4 Å². The summed E-state index contributed by atoms with van der Waals surface area (Å²) in [5.74, 6) is -2.35. The molecule has 1 aromatic rings. The minimum atomic E-state index is -0.840. The maximum Gasteiger partial charge on any atom is 0.247 e. The normalized spacial score (nSPS) is 19.5. The van der Waals surface area contributed by atoms with E-state index in [1.165, 1.54) is 6.92 Å². The Morgan fingerprint density at radius 3 is 2.50 bits per heavy atom. The summed E-state index contributed by atoms with van der Waals surface area (Å²) in [5.41, 5.74) is -0.0343. The van der Waals surface area contributed by atoms with Crippen LogP contribution in [0.15, 0.2) is 12.1 Å². The Morgan fingerprint density at radius 2 is 1.90 bits per heavy atom. The Labute approximate surface area is 115 Å². The molecule has 20 heavy (non-hydrogen) atoms. The van der Waals surface area contributed by atoms with Crippen molar-refractivity contribution >= 4 is 17.5 Å². The third-order valence-corrected chi connectivity index (χ3v) is 3.35. The monoisotopic (exact) mass is 282 g/mol. The lowest BCUT2D eigenvalue weighted by Gasteiger charge is -2.37. The van der Waals surface area contributed by atoms with E-state index in [1.807, 2.05) is 0 Å². The third kappa shape index (κ3) is 2.37. The van der Waals surface area contributed by atoms with Crippen molar-refractivity contribution in [1.82, 2.24) is 5.32 Å². The second kappa shape index (κ2) is 5.19. The van der Waals surface area contributed by atoms with E-state index in [0.29, 0.717) is 0 Å². The first-order valence-electron chi connectivity index (χ1n) is 6.38. The highest BCUT2D eigenvalue weighted by atomic mass is 19.1. The molecule has 4 nitrogen and oxygen atoms in total. The van der Waals surface area contributed by atoms with Crippen LogP contribution in [0.3, 0.4) is 0 Å². The number of hydrogen-bond donors (Lipinski definition) is 1. The molecule has 108 valence electrons. The van der Waals surface area contributed by atoms with E-state index in [1.54, 1.807) is 13.8 Å². The lowest BCUT2D eigenvalue weighted by atomic mass is 9.98. The molecule has 0 bridgehead atoms. The summed E-state index contributed by atoms with van der Waals surface area (Å²) in [6.45, 7) is 4.72. The van der Waals surface area contributed by atoms with Gasteiger partial charge in [0, 0.05) is 6.07 Å².